The lowest BCUT2D eigenvalue weighted by atomic mass is 9.74. The van der Waals surface area contributed by atoms with Crippen LogP contribution in [0.1, 0.15) is 36.8 Å². The zero-order valence-electron chi connectivity index (χ0n) is 16.6. The van der Waals surface area contributed by atoms with Gasteiger partial charge in [-0.3, -0.25) is 14.7 Å². The third-order valence-electron chi connectivity index (χ3n) is 6.21. The summed E-state index contributed by atoms with van der Waals surface area (Å²) in [6.45, 7) is 2.07. The molecule has 2 aromatic rings. The topological polar surface area (TPSA) is 74.3 Å². The van der Waals surface area contributed by atoms with Crippen molar-refractivity contribution in [3.05, 3.63) is 66.0 Å². The maximum atomic E-state index is 13.6. The Labute approximate surface area is 171 Å². The van der Waals surface area contributed by atoms with Gasteiger partial charge in [0.25, 0.3) is 5.91 Å². The molecule has 4 rings (SSSR count). The Morgan fingerprint density at radius 1 is 1.00 bits per heavy atom. The molecule has 0 saturated carbocycles. The molecule has 1 aromatic carbocycles. The maximum absolute atomic E-state index is 13.6. The lowest BCUT2D eigenvalue weighted by molar-refractivity contribution is -0.134. The Morgan fingerprint density at radius 3 is 2.45 bits per heavy atom. The predicted octanol–water partition coefficient (Wildman–Crippen LogP) is 2.89. The van der Waals surface area contributed by atoms with Crippen molar-refractivity contribution in [2.45, 2.75) is 44.2 Å². The van der Waals surface area contributed by atoms with E-state index in [4.69, 9.17) is 0 Å². The second-order valence-electron chi connectivity index (χ2n) is 8.01. The number of hydrogen-bond acceptors (Lipinski definition) is 4. The summed E-state index contributed by atoms with van der Waals surface area (Å²) in [5.41, 5.74) is 1.38. The van der Waals surface area contributed by atoms with E-state index in [1.54, 1.807) is 12.4 Å². The van der Waals surface area contributed by atoms with Crippen LogP contribution >= 0.6 is 0 Å². The monoisotopic (exact) mass is 392 g/mol. The minimum atomic E-state index is -0.791. The fraction of sp³-hybridized carbons (Fsp3) is 0.435. The van der Waals surface area contributed by atoms with Crippen LogP contribution < -0.4 is 10.6 Å². The van der Waals surface area contributed by atoms with Crippen LogP contribution in [0.2, 0.25) is 0 Å². The second kappa shape index (κ2) is 8.74. The molecular formula is C23H28N4O2. The van der Waals surface area contributed by atoms with Gasteiger partial charge in [-0.2, -0.15) is 0 Å². The number of piperidine rings is 1. The SMILES string of the molecule is O=C1N[C@](CCCc2ccccc2)(C2CCNCC2)C(=O)N1Cc1ccncc1. The van der Waals surface area contributed by atoms with Gasteiger partial charge in [0.15, 0.2) is 0 Å². The number of amides is 3. The Kier molecular flexibility index (Phi) is 5.90. The maximum Gasteiger partial charge on any atom is 0.325 e. The van der Waals surface area contributed by atoms with Crippen LogP contribution in [0.25, 0.3) is 0 Å². The molecule has 6 heteroatoms. The van der Waals surface area contributed by atoms with Crippen LogP contribution in [0.5, 0.6) is 0 Å². The molecule has 2 aliphatic heterocycles. The van der Waals surface area contributed by atoms with Crippen LogP contribution in [0.3, 0.4) is 0 Å². The zero-order valence-corrected chi connectivity index (χ0v) is 16.6. The lowest BCUT2D eigenvalue weighted by Crippen LogP contribution is -2.55. The summed E-state index contributed by atoms with van der Waals surface area (Å²) in [7, 11) is 0. The summed E-state index contributed by atoms with van der Waals surface area (Å²) in [6.07, 6.45) is 7.62. The predicted molar refractivity (Wildman–Crippen MR) is 111 cm³/mol. The van der Waals surface area contributed by atoms with Crippen molar-refractivity contribution >= 4 is 11.9 Å². The first kappa shape index (κ1) is 19.6. The summed E-state index contributed by atoms with van der Waals surface area (Å²) in [5, 5.41) is 6.51. The molecule has 29 heavy (non-hydrogen) atoms. The number of aromatic nitrogens is 1. The largest absolute Gasteiger partial charge is 0.325 e. The number of pyridine rings is 1. The molecule has 0 unspecified atom stereocenters. The molecule has 0 bridgehead atoms. The smallest absolute Gasteiger partial charge is 0.323 e. The molecule has 3 heterocycles. The van der Waals surface area contributed by atoms with Crippen LogP contribution in [0.4, 0.5) is 4.79 Å². The van der Waals surface area contributed by atoms with Crippen molar-refractivity contribution in [2.75, 3.05) is 13.1 Å². The molecule has 152 valence electrons. The lowest BCUT2D eigenvalue weighted by Gasteiger charge is -2.38. The van der Waals surface area contributed by atoms with Gasteiger partial charge in [-0.1, -0.05) is 30.3 Å². The van der Waals surface area contributed by atoms with Crippen LogP contribution in [-0.4, -0.2) is 40.5 Å². The highest BCUT2D eigenvalue weighted by Gasteiger charge is 2.54. The molecule has 2 aliphatic rings. The van der Waals surface area contributed by atoms with E-state index in [2.05, 4.69) is 27.8 Å². The minimum Gasteiger partial charge on any atom is -0.323 e. The first-order valence-electron chi connectivity index (χ1n) is 10.5. The molecule has 1 atom stereocenters. The van der Waals surface area contributed by atoms with Crippen LogP contribution in [0, 0.1) is 5.92 Å². The fourth-order valence-electron chi connectivity index (χ4n) is 4.64. The molecule has 2 N–H and O–H groups in total. The van der Waals surface area contributed by atoms with Gasteiger partial charge in [-0.05, 0) is 74.4 Å². The number of imide groups is 1. The Balaban J connectivity index is 1.53. The number of urea groups is 1. The van der Waals surface area contributed by atoms with E-state index in [1.807, 2.05) is 30.3 Å². The van der Waals surface area contributed by atoms with Gasteiger partial charge in [0.2, 0.25) is 0 Å². The Bertz CT molecular complexity index is 836. The summed E-state index contributed by atoms with van der Waals surface area (Å²) in [4.78, 5) is 31.8. The summed E-state index contributed by atoms with van der Waals surface area (Å²) < 4.78 is 0. The van der Waals surface area contributed by atoms with Gasteiger partial charge in [0.05, 0.1) is 6.54 Å². The third-order valence-corrected chi connectivity index (χ3v) is 6.21. The van der Waals surface area contributed by atoms with Gasteiger partial charge in [0, 0.05) is 12.4 Å². The van der Waals surface area contributed by atoms with E-state index >= 15 is 0 Å². The normalized spacial score (nSPS) is 22.7. The van der Waals surface area contributed by atoms with E-state index in [0.29, 0.717) is 13.0 Å². The first-order chi connectivity index (χ1) is 14.2. The van der Waals surface area contributed by atoms with Crippen LogP contribution in [0.15, 0.2) is 54.9 Å². The molecule has 0 aliphatic carbocycles. The highest BCUT2D eigenvalue weighted by molar-refractivity contribution is 6.07. The van der Waals surface area contributed by atoms with E-state index in [9.17, 15) is 9.59 Å². The average molecular weight is 393 g/mol. The van der Waals surface area contributed by atoms with Crippen molar-refractivity contribution in [1.29, 1.82) is 0 Å². The minimum absolute atomic E-state index is 0.0701. The molecule has 1 aromatic heterocycles. The fourth-order valence-corrected chi connectivity index (χ4v) is 4.64. The summed E-state index contributed by atoms with van der Waals surface area (Å²) in [5.74, 6) is 0.0951. The number of aryl methyl sites for hydroxylation is 1. The summed E-state index contributed by atoms with van der Waals surface area (Å²) >= 11 is 0. The van der Waals surface area contributed by atoms with Gasteiger partial charge in [0.1, 0.15) is 5.54 Å². The molecule has 2 fully saturated rings. The summed E-state index contributed by atoms with van der Waals surface area (Å²) in [6, 6.07) is 13.7. The number of nitrogens with one attached hydrogen (secondary N) is 2. The van der Waals surface area contributed by atoms with Crippen molar-refractivity contribution < 1.29 is 9.59 Å². The van der Waals surface area contributed by atoms with Crippen molar-refractivity contribution in [3.63, 3.8) is 0 Å². The number of nitrogens with zero attached hydrogens (tertiary/aromatic N) is 2. The van der Waals surface area contributed by atoms with Gasteiger partial charge < -0.3 is 10.6 Å². The van der Waals surface area contributed by atoms with Gasteiger partial charge in [-0.15, -0.1) is 0 Å². The first-order valence-corrected chi connectivity index (χ1v) is 10.5. The molecule has 2 saturated heterocycles. The molecule has 3 amide bonds. The van der Waals surface area contributed by atoms with E-state index in [1.165, 1.54) is 10.5 Å². The molecular weight excluding hydrogens is 364 g/mol. The van der Waals surface area contributed by atoms with Crippen molar-refractivity contribution in [2.24, 2.45) is 5.92 Å². The molecule has 0 spiro atoms. The van der Waals surface area contributed by atoms with E-state index < -0.39 is 5.54 Å². The standard InChI is InChI=1S/C23H28N4O2/c28-21-23(20-10-15-25-16-11-20,12-4-7-18-5-2-1-3-6-18)26-22(29)27(21)17-19-8-13-24-14-9-19/h1-3,5-6,8-9,13-14,20,25H,4,7,10-12,15-17H2,(H,26,29)/t23-/m1/s1. The van der Waals surface area contributed by atoms with Crippen molar-refractivity contribution in [3.8, 4) is 0 Å². The Morgan fingerprint density at radius 2 is 1.72 bits per heavy atom. The van der Waals surface area contributed by atoms with Gasteiger partial charge in [-0.25, -0.2) is 4.79 Å². The quantitative estimate of drug-likeness (QED) is 0.711. The second-order valence-corrected chi connectivity index (χ2v) is 8.01. The number of carbonyl (C=O) groups excluding carboxylic acids is 2. The van der Waals surface area contributed by atoms with Crippen LogP contribution in [-0.2, 0) is 17.8 Å². The number of benzene rings is 1. The third kappa shape index (κ3) is 4.17. The number of rotatable bonds is 7. The molecule has 0 radical (unpaired) electrons. The number of hydrogen-bond donors (Lipinski definition) is 2. The molecule has 6 nitrogen and oxygen atoms in total. The van der Waals surface area contributed by atoms with Crippen molar-refractivity contribution in [1.82, 2.24) is 20.5 Å². The zero-order chi connectivity index (χ0) is 20.1. The van der Waals surface area contributed by atoms with E-state index in [-0.39, 0.29) is 17.9 Å². The highest BCUT2D eigenvalue weighted by atomic mass is 16.2. The van der Waals surface area contributed by atoms with E-state index in [0.717, 1.165) is 44.3 Å². The van der Waals surface area contributed by atoms with Gasteiger partial charge >= 0.3 is 6.03 Å². The number of carbonyl (C=O) groups is 2. The Hall–Kier alpha value is -2.73. The highest BCUT2D eigenvalue weighted by Crippen LogP contribution is 2.36. The average Bonchev–Trinajstić information content (AvgIpc) is 3.01.